The number of amides is 1. The highest BCUT2D eigenvalue weighted by Gasteiger charge is 2.23. The third kappa shape index (κ3) is 4.10. The van der Waals surface area contributed by atoms with Gasteiger partial charge < -0.3 is 10.2 Å². The minimum Gasteiger partial charge on any atom is -0.352 e. The van der Waals surface area contributed by atoms with Gasteiger partial charge in [0.1, 0.15) is 0 Å². The number of benzene rings is 1. The molecular formula is C18H23N3OS. The van der Waals surface area contributed by atoms with Crippen molar-refractivity contribution in [2.75, 3.05) is 18.0 Å². The quantitative estimate of drug-likeness (QED) is 0.910. The summed E-state index contributed by atoms with van der Waals surface area (Å²) in [6.07, 6.45) is 3.67. The highest BCUT2D eigenvalue weighted by Crippen LogP contribution is 2.29. The summed E-state index contributed by atoms with van der Waals surface area (Å²) < 4.78 is 0. The van der Waals surface area contributed by atoms with Crippen LogP contribution in [0, 0.1) is 0 Å². The standard InChI is InChI=1S/C18H23N3OS/c1-2-7-17(22)19-15-10-6-11-21(12-15)18-20-16(13-23-18)14-8-4-3-5-9-14/h3-5,8-9,13,15H,2,6-7,10-12H2,1H3,(H,19,22). The zero-order valence-electron chi connectivity index (χ0n) is 13.5. The smallest absolute Gasteiger partial charge is 0.220 e. The molecule has 5 heteroatoms. The van der Waals surface area contributed by atoms with Crippen molar-refractivity contribution in [1.82, 2.24) is 10.3 Å². The van der Waals surface area contributed by atoms with Gasteiger partial charge in [-0.15, -0.1) is 11.3 Å². The number of hydrogen-bond acceptors (Lipinski definition) is 4. The van der Waals surface area contributed by atoms with Crippen molar-refractivity contribution in [3.05, 3.63) is 35.7 Å². The summed E-state index contributed by atoms with van der Waals surface area (Å²) in [7, 11) is 0. The van der Waals surface area contributed by atoms with Crippen LogP contribution in [0.4, 0.5) is 5.13 Å². The summed E-state index contributed by atoms with van der Waals surface area (Å²) in [4.78, 5) is 18.9. The fourth-order valence-corrected chi connectivity index (χ4v) is 3.82. The molecule has 23 heavy (non-hydrogen) atoms. The van der Waals surface area contributed by atoms with E-state index in [-0.39, 0.29) is 11.9 Å². The molecule has 1 N–H and O–H groups in total. The maximum atomic E-state index is 11.8. The Labute approximate surface area is 141 Å². The number of piperidine rings is 1. The molecule has 1 aromatic heterocycles. The fraction of sp³-hybridized carbons (Fsp3) is 0.444. The number of hydrogen-bond donors (Lipinski definition) is 1. The van der Waals surface area contributed by atoms with Gasteiger partial charge in [0, 0.05) is 36.5 Å². The zero-order chi connectivity index (χ0) is 16.1. The number of carbonyl (C=O) groups is 1. The Bertz CT molecular complexity index is 641. The summed E-state index contributed by atoms with van der Waals surface area (Å²) in [6, 6.07) is 10.5. The van der Waals surface area contributed by atoms with Crippen molar-refractivity contribution in [3.8, 4) is 11.3 Å². The van der Waals surface area contributed by atoms with Gasteiger partial charge in [0.2, 0.25) is 5.91 Å². The molecule has 3 rings (SSSR count). The van der Waals surface area contributed by atoms with Crippen LogP contribution in [0.15, 0.2) is 35.7 Å². The number of rotatable bonds is 5. The van der Waals surface area contributed by atoms with Gasteiger partial charge in [-0.05, 0) is 19.3 Å². The van der Waals surface area contributed by atoms with Crippen LogP contribution in [-0.2, 0) is 4.79 Å². The number of nitrogens with zero attached hydrogens (tertiary/aromatic N) is 2. The Hall–Kier alpha value is -1.88. The summed E-state index contributed by atoms with van der Waals surface area (Å²) in [6.45, 7) is 3.91. The van der Waals surface area contributed by atoms with Gasteiger partial charge in [0.15, 0.2) is 5.13 Å². The Morgan fingerprint density at radius 2 is 2.22 bits per heavy atom. The predicted octanol–water partition coefficient (Wildman–Crippen LogP) is 3.70. The van der Waals surface area contributed by atoms with E-state index in [1.807, 2.05) is 25.1 Å². The summed E-state index contributed by atoms with van der Waals surface area (Å²) >= 11 is 1.68. The van der Waals surface area contributed by atoms with Crippen LogP contribution in [-0.4, -0.2) is 30.0 Å². The molecule has 1 unspecified atom stereocenters. The highest BCUT2D eigenvalue weighted by molar-refractivity contribution is 7.14. The van der Waals surface area contributed by atoms with Gasteiger partial charge in [-0.2, -0.15) is 0 Å². The monoisotopic (exact) mass is 329 g/mol. The third-order valence-corrected chi connectivity index (χ3v) is 5.00. The Morgan fingerprint density at radius 1 is 1.39 bits per heavy atom. The normalized spacial score (nSPS) is 18.0. The molecular weight excluding hydrogens is 306 g/mol. The van der Waals surface area contributed by atoms with Crippen molar-refractivity contribution < 1.29 is 4.79 Å². The Morgan fingerprint density at radius 3 is 3.00 bits per heavy atom. The average molecular weight is 329 g/mol. The highest BCUT2D eigenvalue weighted by atomic mass is 32.1. The van der Waals surface area contributed by atoms with Gasteiger partial charge >= 0.3 is 0 Å². The number of anilines is 1. The molecule has 4 nitrogen and oxygen atoms in total. The lowest BCUT2D eigenvalue weighted by molar-refractivity contribution is -0.121. The van der Waals surface area contributed by atoms with Crippen LogP contribution in [0.5, 0.6) is 0 Å². The van der Waals surface area contributed by atoms with Gasteiger partial charge in [0.05, 0.1) is 5.69 Å². The molecule has 2 aromatic rings. The van der Waals surface area contributed by atoms with Crippen molar-refractivity contribution in [2.45, 2.75) is 38.6 Å². The van der Waals surface area contributed by atoms with E-state index >= 15 is 0 Å². The molecule has 0 bridgehead atoms. The molecule has 122 valence electrons. The summed E-state index contributed by atoms with van der Waals surface area (Å²) in [5.74, 6) is 0.170. The first kappa shape index (κ1) is 16.0. The van der Waals surface area contributed by atoms with Crippen LogP contribution in [0.1, 0.15) is 32.6 Å². The van der Waals surface area contributed by atoms with E-state index < -0.39 is 0 Å². The van der Waals surface area contributed by atoms with Crippen LogP contribution >= 0.6 is 11.3 Å². The van der Waals surface area contributed by atoms with E-state index in [0.29, 0.717) is 6.42 Å². The Balaban J connectivity index is 1.65. The summed E-state index contributed by atoms with van der Waals surface area (Å²) in [5.41, 5.74) is 2.18. The van der Waals surface area contributed by atoms with E-state index in [1.54, 1.807) is 11.3 Å². The lowest BCUT2D eigenvalue weighted by Gasteiger charge is -2.33. The van der Waals surface area contributed by atoms with Gasteiger partial charge in [-0.25, -0.2) is 4.98 Å². The van der Waals surface area contributed by atoms with Gasteiger partial charge in [-0.3, -0.25) is 4.79 Å². The molecule has 1 aliphatic heterocycles. The molecule has 1 aromatic carbocycles. The van der Waals surface area contributed by atoms with E-state index in [0.717, 1.165) is 48.7 Å². The number of aromatic nitrogens is 1. The molecule has 1 saturated heterocycles. The van der Waals surface area contributed by atoms with E-state index in [9.17, 15) is 4.79 Å². The predicted molar refractivity (Wildman–Crippen MR) is 95.8 cm³/mol. The molecule has 1 fully saturated rings. The SMILES string of the molecule is CCCC(=O)NC1CCCN(c2nc(-c3ccccc3)cs2)C1. The first-order chi connectivity index (χ1) is 11.3. The molecule has 0 aliphatic carbocycles. The van der Waals surface area contributed by atoms with Crippen molar-refractivity contribution in [3.63, 3.8) is 0 Å². The van der Waals surface area contributed by atoms with Gasteiger partial charge in [0.25, 0.3) is 0 Å². The molecule has 1 aliphatic rings. The molecule has 1 atom stereocenters. The van der Waals surface area contributed by atoms with E-state index in [4.69, 9.17) is 4.98 Å². The largest absolute Gasteiger partial charge is 0.352 e. The van der Waals surface area contributed by atoms with Crippen molar-refractivity contribution in [1.29, 1.82) is 0 Å². The van der Waals surface area contributed by atoms with Crippen LogP contribution in [0.2, 0.25) is 0 Å². The van der Waals surface area contributed by atoms with Crippen molar-refractivity contribution >= 4 is 22.4 Å². The first-order valence-corrected chi connectivity index (χ1v) is 9.19. The molecule has 2 heterocycles. The van der Waals surface area contributed by atoms with Gasteiger partial charge in [-0.1, -0.05) is 37.3 Å². The maximum Gasteiger partial charge on any atom is 0.220 e. The maximum absolute atomic E-state index is 11.8. The number of nitrogens with one attached hydrogen (secondary N) is 1. The molecule has 0 saturated carbocycles. The number of carbonyl (C=O) groups excluding carboxylic acids is 1. The molecule has 1 amide bonds. The average Bonchev–Trinajstić information content (AvgIpc) is 3.06. The lowest BCUT2D eigenvalue weighted by atomic mass is 10.1. The second-order valence-electron chi connectivity index (χ2n) is 5.98. The van der Waals surface area contributed by atoms with Crippen LogP contribution < -0.4 is 10.2 Å². The molecule has 0 radical (unpaired) electrons. The third-order valence-electron chi connectivity index (χ3n) is 4.10. The van der Waals surface area contributed by atoms with Crippen LogP contribution in [0.3, 0.4) is 0 Å². The van der Waals surface area contributed by atoms with E-state index in [2.05, 4.69) is 27.7 Å². The topological polar surface area (TPSA) is 45.2 Å². The van der Waals surface area contributed by atoms with E-state index in [1.165, 1.54) is 0 Å². The summed E-state index contributed by atoms with van der Waals surface area (Å²) in [5, 5.41) is 6.32. The lowest BCUT2D eigenvalue weighted by Crippen LogP contribution is -2.47. The fourth-order valence-electron chi connectivity index (χ4n) is 2.95. The second kappa shape index (κ2) is 7.59. The minimum atomic E-state index is 0.170. The minimum absolute atomic E-state index is 0.170. The van der Waals surface area contributed by atoms with Crippen LogP contribution in [0.25, 0.3) is 11.3 Å². The van der Waals surface area contributed by atoms with Crippen molar-refractivity contribution in [2.24, 2.45) is 0 Å². The number of thiazole rings is 1. The molecule has 0 spiro atoms. The zero-order valence-corrected chi connectivity index (χ0v) is 14.3. The Kier molecular flexibility index (Phi) is 5.28. The second-order valence-corrected chi connectivity index (χ2v) is 6.82. The first-order valence-electron chi connectivity index (χ1n) is 8.31.